The lowest BCUT2D eigenvalue weighted by Crippen LogP contribution is -2.33. The third-order valence-electron chi connectivity index (χ3n) is 7.85. The number of nitrogens with zero attached hydrogens (tertiary/aromatic N) is 3. The molecule has 47 heavy (non-hydrogen) atoms. The van der Waals surface area contributed by atoms with Crippen molar-refractivity contribution in [3.05, 3.63) is 67.8 Å². The number of hydrogen-bond acceptors (Lipinski definition) is 7. The number of benzene rings is 1. The van der Waals surface area contributed by atoms with Crippen molar-refractivity contribution in [2.24, 2.45) is 0 Å². The summed E-state index contributed by atoms with van der Waals surface area (Å²) in [4.78, 5) is 49.9. The minimum absolute atomic E-state index is 0.0128. The van der Waals surface area contributed by atoms with Gasteiger partial charge in [-0.3, -0.25) is 9.59 Å². The molecule has 4 N–H and O–H groups in total. The molecule has 1 aromatic carbocycles. The van der Waals surface area contributed by atoms with Gasteiger partial charge < -0.3 is 30.2 Å². The van der Waals surface area contributed by atoms with Crippen LogP contribution in [0.4, 0.5) is 32.0 Å². The number of pyridine rings is 1. The molecule has 252 valence electrons. The molecule has 1 atom stereocenters. The van der Waals surface area contributed by atoms with Crippen molar-refractivity contribution in [3.8, 4) is 11.4 Å². The summed E-state index contributed by atoms with van der Waals surface area (Å²) in [6, 6.07) is 6.05. The smallest absolute Gasteiger partial charge is 0.475 e. The SMILES string of the molecule is C[C@@H](Cc1sccc1C(F)(F)F)Nc1cc[nH]c(=O)c1-c1nc2cc3c(cc2[nH]1)CN(CCN1CCCC1)C3=O.O=C(O)C(F)(F)F. The second kappa shape index (κ2) is 13.4. The zero-order chi connectivity index (χ0) is 34.1. The Hall–Kier alpha value is -4.38. The number of likely N-dealkylation sites (tertiary alicyclic amines) is 1. The minimum Gasteiger partial charge on any atom is -0.475 e. The molecular weight excluding hydrogens is 654 g/mol. The number of H-pyrrole nitrogens is 2. The third-order valence-corrected chi connectivity index (χ3v) is 8.80. The summed E-state index contributed by atoms with van der Waals surface area (Å²) in [5, 5.41) is 11.8. The summed E-state index contributed by atoms with van der Waals surface area (Å²) in [6.45, 7) is 6.03. The molecule has 0 aliphatic carbocycles. The number of carbonyl (C=O) groups excluding carboxylic acids is 1. The number of thiophene rings is 1. The maximum Gasteiger partial charge on any atom is 0.490 e. The second-order valence-electron chi connectivity index (χ2n) is 11.3. The van der Waals surface area contributed by atoms with E-state index in [1.165, 1.54) is 24.4 Å². The standard InChI is InChI=1S/C28H29F3N6O2S.C2HF3O2/c1-16(12-23-19(5-11-40-23)28(29,30)31)33-20-4-6-32-26(38)24(20)25-34-21-13-17-15-37(10-9-36-7-2-3-8-36)27(39)18(17)14-22(21)35-25;3-2(4,5)1(6)7/h4-6,11,13-14,16H,2-3,7-10,12,15H2,1H3,(H,34,35)(H2,32,33,38);(H,6,7)/t16-;/m0./s1. The summed E-state index contributed by atoms with van der Waals surface area (Å²) >= 11 is 1.06. The van der Waals surface area contributed by atoms with Crippen molar-refractivity contribution >= 4 is 39.9 Å². The number of imidazole rings is 1. The van der Waals surface area contributed by atoms with Gasteiger partial charge in [0.05, 0.1) is 22.3 Å². The van der Waals surface area contributed by atoms with E-state index in [-0.39, 0.29) is 28.3 Å². The quantitative estimate of drug-likeness (QED) is 0.174. The van der Waals surface area contributed by atoms with Crippen LogP contribution in [-0.4, -0.2) is 80.1 Å². The Morgan fingerprint density at radius 3 is 2.47 bits per heavy atom. The van der Waals surface area contributed by atoms with Crippen LogP contribution >= 0.6 is 11.3 Å². The summed E-state index contributed by atoms with van der Waals surface area (Å²) in [7, 11) is 0. The van der Waals surface area contributed by atoms with Crippen LogP contribution in [0.15, 0.2) is 40.6 Å². The van der Waals surface area contributed by atoms with Crippen LogP contribution in [0.2, 0.25) is 0 Å². The van der Waals surface area contributed by atoms with E-state index in [9.17, 15) is 35.9 Å². The molecule has 2 aliphatic heterocycles. The monoisotopic (exact) mass is 684 g/mol. The first-order chi connectivity index (χ1) is 22.1. The number of fused-ring (bicyclic) bond motifs is 2. The van der Waals surface area contributed by atoms with E-state index < -0.39 is 29.9 Å². The predicted octanol–water partition coefficient (Wildman–Crippen LogP) is 5.73. The number of nitrogens with one attached hydrogen (secondary N) is 3. The molecule has 0 bridgehead atoms. The van der Waals surface area contributed by atoms with Crippen molar-refractivity contribution < 1.29 is 41.0 Å². The summed E-state index contributed by atoms with van der Waals surface area (Å²) < 4.78 is 71.7. The van der Waals surface area contributed by atoms with Gasteiger partial charge in [0, 0.05) is 48.7 Å². The fourth-order valence-electron chi connectivity index (χ4n) is 5.63. The highest BCUT2D eigenvalue weighted by molar-refractivity contribution is 7.10. The molecule has 5 heterocycles. The average molecular weight is 685 g/mol. The molecule has 17 heteroatoms. The number of aromatic nitrogens is 3. The highest BCUT2D eigenvalue weighted by atomic mass is 32.1. The molecule has 6 rings (SSSR count). The number of aromatic amines is 2. The number of halogens is 6. The van der Waals surface area contributed by atoms with Crippen LogP contribution in [0.5, 0.6) is 0 Å². The lowest BCUT2D eigenvalue weighted by atomic mass is 10.1. The van der Waals surface area contributed by atoms with E-state index in [1.54, 1.807) is 19.1 Å². The van der Waals surface area contributed by atoms with Gasteiger partial charge in [-0.2, -0.15) is 26.3 Å². The highest BCUT2D eigenvalue weighted by Gasteiger charge is 2.38. The van der Waals surface area contributed by atoms with Crippen LogP contribution in [-0.2, 0) is 23.9 Å². The molecule has 3 aromatic heterocycles. The Balaban J connectivity index is 0.000000559. The molecule has 10 nitrogen and oxygen atoms in total. The first-order valence-electron chi connectivity index (χ1n) is 14.6. The molecule has 4 aromatic rings. The van der Waals surface area contributed by atoms with Crippen molar-refractivity contribution in [1.29, 1.82) is 0 Å². The number of alkyl halides is 6. The number of carbonyl (C=O) groups is 2. The molecule has 0 spiro atoms. The summed E-state index contributed by atoms with van der Waals surface area (Å²) in [6.07, 6.45) is -5.45. The highest BCUT2D eigenvalue weighted by Crippen LogP contribution is 2.36. The number of carboxylic acids is 1. The largest absolute Gasteiger partial charge is 0.490 e. The van der Waals surface area contributed by atoms with Gasteiger partial charge in [-0.1, -0.05) is 0 Å². The molecule has 2 aliphatic rings. The molecular formula is C30H30F6N6O4S. The van der Waals surface area contributed by atoms with Gasteiger partial charge >= 0.3 is 18.3 Å². The van der Waals surface area contributed by atoms with Gasteiger partial charge in [-0.15, -0.1) is 11.3 Å². The molecule has 0 radical (unpaired) electrons. The average Bonchev–Trinajstić information content (AvgIpc) is 3.78. The maximum atomic E-state index is 13.3. The molecule has 1 fully saturated rings. The summed E-state index contributed by atoms with van der Waals surface area (Å²) in [5.41, 5.74) is 2.50. The number of carboxylic acid groups (broad SMARTS) is 1. The lowest BCUT2D eigenvalue weighted by Gasteiger charge is -2.20. The van der Waals surface area contributed by atoms with Crippen molar-refractivity contribution in [2.75, 3.05) is 31.5 Å². The molecule has 0 saturated carbocycles. The summed E-state index contributed by atoms with van der Waals surface area (Å²) in [5.74, 6) is -2.45. The van der Waals surface area contributed by atoms with Gasteiger partial charge in [0.15, 0.2) is 0 Å². The number of aliphatic carboxylic acids is 1. The van der Waals surface area contributed by atoms with Crippen LogP contribution in [0.25, 0.3) is 22.4 Å². The lowest BCUT2D eigenvalue weighted by molar-refractivity contribution is -0.192. The van der Waals surface area contributed by atoms with Gasteiger partial charge in [-0.25, -0.2) is 9.78 Å². The Morgan fingerprint density at radius 2 is 1.81 bits per heavy atom. The van der Waals surface area contributed by atoms with Gasteiger partial charge in [0.1, 0.15) is 11.4 Å². The maximum absolute atomic E-state index is 13.3. The molecule has 0 unspecified atom stereocenters. The van der Waals surface area contributed by atoms with Crippen LogP contribution in [0.1, 0.15) is 46.1 Å². The van der Waals surface area contributed by atoms with Crippen LogP contribution < -0.4 is 10.9 Å². The predicted molar refractivity (Wildman–Crippen MR) is 162 cm³/mol. The van der Waals surface area contributed by atoms with Crippen molar-refractivity contribution in [2.45, 2.75) is 51.1 Å². The van der Waals surface area contributed by atoms with E-state index in [0.717, 1.165) is 42.6 Å². The third kappa shape index (κ3) is 7.78. The van der Waals surface area contributed by atoms with Crippen LogP contribution in [0.3, 0.4) is 0 Å². The number of hydrogen-bond donors (Lipinski definition) is 4. The van der Waals surface area contributed by atoms with E-state index in [4.69, 9.17) is 9.90 Å². The number of anilines is 1. The number of amides is 1. The van der Waals surface area contributed by atoms with E-state index in [1.807, 2.05) is 11.0 Å². The van der Waals surface area contributed by atoms with Gasteiger partial charge in [0.2, 0.25) is 0 Å². The van der Waals surface area contributed by atoms with Crippen molar-refractivity contribution in [3.63, 3.8) is 0 Å². The Morgan fingerprint density at radius 1 is 1.11 bits per heavy atom. The van der Waals surface area contributed by atoms with Gasteiger partial charge in [0.25, 0.3) is 11.5 Å². The zero-order valence-corrected chi connectivity index (χ0v) is 25.7. The van der Waals surface area contributed by atoms with Crippen LogP contribution in [0, 0.1) is 0 Å². The Bertz CT molecular complexity index is 1830. The topological polar surface area (TPSA) is 134 Å². The fraction of sp³-hybridized carbons (Fsp3) is 0.400. The van der Waals surface area contributed by atoms with E-state index in [2.05, 4.69) is 25.2 Å². The minimum atomic E-state index is -5.08. The van der Waals surface area contributed by atoms with Crippen molar-refractivity contribution in [1.82, 2.24) is 24.8 Å². The van der Waals surface area contributed by atoms with Gasteiger partial charge in [-0.05, 0) is 68.1 Å². The first kappa shape index (κ1) is 34.0. The van der Waals surface area contributed by atoms with E-state index >= 15 is 0 Å². The van der Waals surface area contributed by atoms with E-state index in [0.29, 0.717) is 41.2 Å². The second-order valence-corrected chi connectivity index (χ2v) is 12.3. The number of rotatable bonds is 8. The zero-order valence-electron chi connectivity index (χ0n) is 24.9. The first-order valence-corrected chi connectivity index (χ1v) is 15.5. The normalized spacial score (nSPS) is 15.9. The molecule has 1 amide bonds. The molecule has 1 saturated heterocycles. The Labute approximate surface area is 267 Å². The fourth-order valence-corrected chi connectivity index (χ4v) is 6.65. The Kier molecular flexibility index (Phi) is 9.68.